The van der Waals surface area contributed by atoms with Crippen LogP contribution in [0.25, 0.3) is 10.9 Å². The number of nitrogens with two attached hydrogens (primary N) is 1. The Balaban J connectivity index is 1.58. The summed E-state index contributed by atoms with van der Waals surface area (Å²) >= 11 is 0. The van der Waals surface area contributed by atoms with Gasteiger partial charge < -0.3 is 30.2 Å². The van der Waals surface area contributed by atoms with Gasteiger partial charge in [-0.25, -0.2) is 4.98 Å². The van der Waals surface area contributed by atoms with Crippen molar-refractivity contribution < 1.29 is 4.79 Å². The summed E-state index contributed by atoms with van der Waals surface area (Å²) in [6, 6.07) is 12.1. The number of rotatable bonds is 7. The van der Waals surface area contributed by atoms with Crippen molar-refractivity contribution in [3.63, 3.8) is 0 Å². The maximum Gasteiger partial charge on any atom is 0.152 e. The number of piperidine rings is 1. The van der Waals surface area contributed by atoms with E-state index in [1.807, 2.05) is 30.5 Å². The highest BCUT2D eigenvalue weighted by atomic mass is 16.1. The molecule has 1 fully saturated rings. The second kappa shape index (κ2) is 8.88. The Labute approximate surface area is 183 Å². The number of fused-ring (bicyclic) bond motifs is 1. The largest absolute Gasteiger partial charge is 0.399 e. The SMILES string of the molecule is CCN(C)c1cccnc1N(CC)C1CCN(c2cc3cc(N)ccc3[nH]2)C(C=O)C1. The van der Waals surface area contributed by atoms with Gasteiger partial charge in [0.15, 0.2) is 5.82 Å². The number of hydrogen-bond donors (Lipinski definition) is 2. The second-order valence-electron chi connectivity index (χ2n) is 8.22. The normalized spacial score (nSPS) is 18.9. The molecule has 0 bridgehead atoms. The van der Waals surface area contributed by atoms with Crippen LogP contribution in [0.4, 0.5) is 23.0 Å². The Morgan fingerprint density at radius 3 is 2.84 bits per heavy atom. The number of aromatic nitrogens is 2. The van der Waals surface area contributed by atoms with Gasteiger partial charge >= 0.3 is 0 Å². The fourth-order valence-corrected chi connectivity index (χ4v) is 4.64. The smallest absolute Gasteiger partial charge is 0.152 e. The molecule has 0 amide bonds. The van der Waals surface area contributed by atoms with Gasteiger partial charge in [-0.15, -0.1) is 0 Å². The highest BCUT2D eigenvalue weighted by Crippen LogP contribution is 2.33. The summed E-state index contributed by atoms with van der Waals surface area (Å²) in [5, 5.41) is 1.07. The molecule has 7 heteroatoms. The molecule has 1 aliphatic heterocycles. The molecule has 7 nitrogen and oxygen atoms in total. The number of H-pyrrole nitrogens is 1. The third kappa shape index (κ3) is 4.04. The van der Waals surface area contributed by atoms with E-state index in [1.54, 1.807) is 0 Å². The Hall–Kier alpha value is -3.22. The van der Waals surface area contributed by atoms with Crippen molar-refractivity contribution in [1.29, 1.82) is 0 Å². The molecule has 1 saturated heterocycles. The lowest BCUT2D eigenvalue weighted by Gasteiger charge is -2.43. The Morgan fingerprint density at radius 1 is 1.26 bits per heavy atom. The molecule has 0 saturated carbocycles. The number of carbonyl (C=O) groups excluding carboxylic acids is 1. The van der Waals surface area contributed by atoms with Crippen molar-refractivity contribution in [3.05, 3.63) is 42.6 Å². The molecule has 2 unspecified atom stereocenters. The number of nitrogens with one attached hydrogen (secondary N) is 1. The number of nitrogens with zero attached hydrogens (tertiary/aromatic N) is 4. The van der Waals surface area contributed by atoms with E-state index in [9.17, 15) is 4.79 Å². The number of carbonyl (C=O) groups is 1. The lowest BCUT2D eigenvalue weighted by Crippen LogP contribution is -2.51. The van der Waals surface area contributed by atoms with Crippen LogP contribution in [0.5, 0.6) is 0 Å². The van der Waals surface area contributed by atoms with E-state index in [0.29, 0.717) is 0 Å². The van der Waals surface area contributed by atoms with E-state index in [0.717, 1.165) is 72.7 Å². The van der Waals surface area contributed by atoms with E-state index in [1.165, 1.54) is 0 Å². The fraction of sp³-hybridized carbons (Fsp3) is 0.417. The van der Waals surface area contributed by atoms with Crippen molar-refractivity contribution in [1.82, 2.24) is 9.97 Å². The minimum Gasteiger partial charge on any atom is -0.399 e. The predicted molar refractivity (Wildman–Crippen MR) is 129 cm³/mol. The summed E-state index contributed by atoms with van der Waals surface area (Å²) in [6.45, 7) is 6.87. The minimum atomic E-state index is -0.186. The van der Waals surface area contributed by atoms with Gasteiger partial charge in [-0.1, -0.05) is 0 Å². The van der Waals surface area contributed by atoms with E-state index in [4.69, 9.17) is 10.7 Å². The van der Waals surface area contributed by atoms with Gasteiger partial charge in [0.2, 0.25) is 0 Å². The molecule has 3 aromatic rings. The van der Waals surface area contributed by atoms with E-state index < -0.39 is 0 Å². The molecule has 0 spiro atoms. The number of benzene rings is 1. The zero-order valence-electron chi connectivity index (χ0n) is 18.6. The van der Waals surface area contributed by atoms with Crippen LogP contribution in [0, 0.1) is 0 Å². The third-order valence-corrected chi connectivity index (χ3v) is 6.42. The maximum atomic E-state index is 12.1. The topological polar surface area (TPSA) is 81.5 Å². The quantitative estimate of drug-likeness (QED) is 0.448. The molecular formula is C24H32N6O. The standard InChI is InChI=1S/C24H32N6O/c1-4-28(3)22-7-6-11-26-24(22)29(5-2)19-10-12-30(20(15-19)16-31)23-14-17-13-18(25)8-9-21(17)27-23/h6-9,11,13-14,16,19-20,27H,4-5,10,12,15,25H2,1-3H3. The van der Waals surface area contributed by atoms with E-state index in [-0.39, 0.29) is 12.1 Å². The molecule has 1 aromatic carbocycles. The molecule has 1 aliphatic rings. The second-order valence-corrected chi connectivity index (χ2v) is 8.22. The number of aromatic amines is 1. The summed E-state index contributed by atoms with van der Waals surface area (Å²) in [5.74, 6) is 1.97. The Kier molecular flexibility index (Phi) is 6.02. The predicted octanol–water partition coefficient (Wildman–Crippen LogP) is 3.66. The average molecular weight is 421 g/mol. The summed E-state index contributed by atoms with van der Waals surface area (Å²) < 4.78 is 0. The first-order valence-corrected chi connectivity index (χ1v) is 11.1. The summed E-state index contributed by atoms with van der Waals surface area (Å²) in [6.07, 6.45) is 4.66. The molecule has 3 N–H and O–H groups in total. The zero-order chi connectivity index (χ0) is 22.0. The van der Waals surface area contributed by atoms with Crippen molar-refractivity contribution in [3.8, 4) is 0 Å². The highest BCUT2D eigenvalue weighted by Gasteiger charge is 2.33. The molecule has 164 valence electrons. The van der Waals surface area contributed by atoms with Crippen molar-refractivity contribution in [2.75, 3.05) is 47.1 Å². The summed E-state index contributed by atoms with van der Waals surface area (Å²) in [7, 11) is 2.09. The summed E-state index contributed by atoms with van der Waals surface area (Å²) in [5.41, 5.74) is 8.84. The van der Waals surface area contributed by atoms with Crippen LogP contribution in [0.1, 0.15) is 26.7 Å². The number of nitrogen functional groups attached to an aromatic ring is 1. The fourth-order valence-electron chi connectivity index (χ4n) is 4.64. The van der Waals surface area contributed by atoms with Crippen LogP contribution in [-0.2, 0) is 4.79 Å². The van der Waals surface area contributed by atoms with E-state index >= 15 is 0 Å². The van der Waals surface area contributed by atoms with Crippen LogP contribution < -0.4 is 20.4 Å². The molecule has 0 aliphatic carbocycles. The van der Waals surface area contributed by atoms with Crippen molar-refractivity contribution in [2.45, 2.75) is 38.8 Å². The van der Waals surface area contributed by atoms with Crippen LogP contribution in [-0.4, -0.2) is 55.0 Å². The van der Waals surface area contributed by atoms with Crippen LogP contribution in [0.3, 0.4) is 0 Å². The molecular weight excluding hydrogens is 388 g/mol. The Bertz CT molecular complexity index is 1050. The summed E-state index contributed by atoms with van der Waals surface area (Å²) in [4.78, 5) is 27.1. The molecule has 2 atom stereocenters. The minimum absolute atomic E-state index is 0.186. The zero-order valence-corrected chi connectivity index (χ0v) is 18.6. The van der Waals surface area contributed by atoms with Crippen molar-refractivity contribution >= 4 is 40.2 Å². The van der Waals surface area contributed by atoms with E-state index in [2.05, 4.69) is 52.7 Å². The first-order valence-electron chi connectivity index (χ1n) is 11.1. The highest BCUT2D eigenvalue weighted by molar-refractivity contribution is 5.87. The Morgan fingerprint density at radius 2 is 2.10 bits per heavy atom. The first-order chi connectivity index (χ1) is 15.0. The number of pyridine rings is 1. The van der Waals surface area contributed by atoms with Gasteiger partial charge in [0.1, 0.15) is 12.1 Å². The average Bonchev–Trinajstić information content (AvgIpc) is 3.22. The lowest BCUT2D eigenvalue weighted by molar-refractivity contribution is -0.109. The molecule has 2 aromatic heterocycles. The molecule has 0 radical (unpaired) electrons. The third-order valence-electron chi connectivity index (χ3n) is 6.42. The number of hydrogen-bond acceptors (Lipinski definition) is 6. The van der Waals surface area contributed by atoms with Gasteiger partial charge in [-0.3, -0.25) is 0 Å². The molecule has 31 heavy (non-hydrogen) atoms. The van der Waals surface area contributed by atoms with Crippen LogP contribution in [0.2, 0.25) is 0 Å². The maximum absolute atomic E-state index is 12.1. The first kappa shape index (κ1) is 21.0. The number of anilines is 4. The van der Waals surface area contributed by atoms with Crippen LogP contribution >= 0.6 is 0 Å². The van der Waals surface area contributed by atoms with Crippen molar-refractivity contribution in [2.24, 2.45) is 0 Å². The van der Waals surface area contributed by atoms with Gasteiger partial charge in [0.25, 0.3) is 0 Å². The van der Waals surface area contributed by atoms with Gasteiger partial charge in [0, 0.05) is 55.5 Å². The lowest BCUT2D eigenvalue weighted by atomic mass is 9.96. The number of aldehydes is 1. The molecule has 4 rings (SSSR count). The van der Waals surface area contributed by atoms with Crippen LogP contribution in [0.15, 0.2) is 42.6 Å². The monoisotopic (exact) mass is 420 g/mol. The van der Waals surface area contributed by atoms with Gasteiger partial charge in [-0.2, -0.15) is 0 Å². The molecule has 3 heterocycles. The van der Waals surface area contributed by atoms with Gasteiger partial charge in [-0.05, 0) is 63.1 Å². The van der Waals surface area contributed by atoms with Gasteiger partial charge in [0.05, 0.1) is 11.7 Å².